The lowest BCUT2D eigenvalue weighted by molar-refractivity contribution is 0.236. The third-order valence-corrected chi connectivity index (χ3v) is 4.28. The Kier molecular flexibility index (Phi) is 5.79. The smallest absolute Gasteiger partial charge is 0.315 e. The summed E-state index contributed by atoms with van der Waals surface area (Å²) in [5, 5.41) is 9.81. The highest BCUT2D eigenvalue weighted by atomic mass is 16.5. The van der Waals surface area contributed by atoms with Crippen LogP contribution in [-0.2, 0) is 6.42 Å². The Morgan fingerprint density at radius 1 is 1.22 bits per heavy atom. The molecule has 0 aliphatic carbocycles. The van der Waals surface area contributed by atoms with Crippen LogP contribution < -0.4 is 10.6 Å². The number of hydrogen-bond donors (Lipinski definition) is 2. The number of urea groups is 1. The fourth-order valence-electron chi connectivity index (χ4n) is 2.59. The summed E-state index contributed by atoms with van der Waals surface area (Å²) in [4.78, 5) is 12.0. The third kappa shape index (κ3) is 4.58. The van der Waals surface area contributed by atoms with Crippen molar-refractivity contribution in [1.29, 1.82) is 0 Å². The third-order valence-electron chi connectivity index (χ3n) is 4.28. The second kappa shape index (κ2) is 7.81. The van der Waals surface area contributed by atoms with Crippen LogP contribution in [0.5, 0.6) is 0 Å². The van der Waals surface area contributed by atoms with Gasteiger partial charge in [-0.3, -0.25) is 0 Å². The molecule has 0 bridgehead atoms. The fraction of sp³-hybridized carbons (Fsp3) is 0.444. The number of carbonyl (C=O) groups is 1. The highest BCUT2D eigenvalue weighted by molar-refractivity contribution is 5.74. The maximum Gasteiger partial charge on any atom is 0.315 e. The van der Waals surface area contributed by atoms with Gasteiger partial charge in [-0.15, -0.1) is 0 Å². The Balaban J connectivity index is 1.78. The minimum absolute atomic E-state index is 0.0523. The normalized spacial score (nSPS) is 13.4. The highest BCUT2D eigenvalue weighted by Crippen LogP contribution is 2.18. The van der Waals surface area contributed by atoms with Gasteiger partial charge in [0, 0.05) is 24.1 Å². The average molecular weight is 315 g/mol. The topological polar surface area (TPSA) is 67.2 Å². The van der Waals surface area contributed by atoms with E-state index >= 15 is 0 Å². The van der Waals surface area contributed by atoms with Gasteiger partial charge in [-0.1, -0.05) is 42.4 Å². The first-order chi connectivity index (χ1) is 11.0. The molecule has 0 saturated heterocycles. The predicted molar refractivity (Wildman–Crippen MR) is 90.5 cm³/mol. The standard InChI is InChI=1S/C18H25N3O2/c1-12(16-8-6-5-7-9-16)13(2)20-18(22)19-11-10-17-14(3)21-23-15(17)4/h5-9,12-13H,10-11H2,1-4H3,(H2,19,20,22)/t12-,13+/m0/s1. The average Bonchev–Trinajstić information content (AvgIpc) is 2.86. The molecule has 0 fully saturated rings. The summed E-state index contributed by atoms with van der Waals surface area (Å²) in [6, 6.07) is 10.1. The van der Waals surface area contributed by atoms with Crippen molar-refractivity contribution in [2.75, 3.05) is 6.54 Å². The lowest BCUT2D eigenvalue weighted by Crippen LogP contribution is -2.43. The highest BCUT2D eigenvalue weighted by Gasteiger charge is 2.16. The summed E-state index contributed by atoms with van der Waals surface area (Å²) < 4.78 is 5.12. The zero-order valence-electron chi connectivity index (χ0n) is 14.2. The van der Waals surface area contributed by atoms with Crippen LogP contribution in [-0.4, -0.2) is 23.8 Å². The Hall–Kier alpha value is -2.30. The summed E-state index contributed by atoms with van der Waals surface area (Å²) in [6.45, 7) is 8.49. The number of aryl methyl sites for hydroxylation is 2. The molecule has 2 rings (SSSR count). The summed E-state index contributed by atoms with van der Waals surface area (Å²) in [5.41, 5.74) is 3.17. The van der Waals surface area contributed by atoms with Crippen LogP contribution in [0.1, 0.15) is 42.3 Å². The van der Waals surface area contributed by atoms with E-state index in [1.807, 2.05) is 39.0 Å². The number of benzene rings is 1. The first kappa shape index (κ1) is 17.1. The van der Waals surface area contributed by atoms with E-state index in [4.69, 9.17) is 4.52 Å². The van der Waals surface area contributed by atoms with E-state index in [-0.39, 0.29) is 18.0 Å². The number of carbonyl (C=O) groups excluding carboxylic acids is 1. The van der Waals surface area contributed by atoms with Crippen molar-refractivity contribution in [1.82, 2.24) is 15.8 Å². The Morgan fingerprint density at radius 3 is 2.52 bits per heavy atom. The number of amides is 2. The van der Waals surface area contributed by atoms with Crippen molar-refractivity contribution >= 4 is 6.03 Å². The maximum absolute atomic E-state index is 12.0. The maximum atomic E-state index is 12.0. The Bertz CT molecular complexity index is 617. The first-order valence-electron chi connectivity index (χ1n) is 8.00. The van der Waals surface area contributed by atoms with Crippen LogP contribution in [0.4, 0.5) is 4.79 Å². The van der Waals surface area contributed by atoms with Gasteiger partial charge in [-0.05, 0) is 32.8 Å². The van der Waals surface area contributed by atoms with E-state index in [0.717, 1.165) is 23.4 Å². The minimum Gasteiger partial charge on any atom is -0.361 e. The molecule has 0 aliphatic heterocycles. The molecule has 5 heteroatoms. The number of nitrogens with one attached hydrogen (secondary N) is 2. The predicted octanol–water partition coefficient (Wildman–Crippen LogP) is 3.33. The number of aromatic nitrogens is 1. The van der Waals surface area contributed by atoms with Gasteiger partial charge in [0.1, 0.15) is 5.76 Å². The molecule has 0 aliphatic rings. The van der Waals surface area contributed by atoms with Crippen molar-refractivity contribution in [2.24, 2.45) is 0 Å². The molecule has 1 heterocycles. The molecule has 0 saturated carbocycles. The Labute approximate surface area is 137 Å². The van der Waals surface area contributed by atoms with Gasteiger partial charge in [0.2, 0.25) is 0 Å². The second-order valence-corrected chi connectivity index (χ2v) is 5.94. The van der Waals surface area contributed by atoms with Gasteiger partial charge in [-0.25, -0.2) is 4.79 Å². The van der Waals surface area contributed by atoms with Crippen LogP contribution >= 0.6 is 0 Å². The van der Waals surface area contributed by atoms with Gasteiger partial charge in [0.15, 0.2) is 0 Å². The van der Waals surface area contributed by atoms with Crippen molar-refractivity contribution in [2.45, 2.75) is 46.1 Å². The molecule has 0 unspecified atom stereocenters. The molecule has 1 aromatic heterocycles. The van der Waals surface area contributed by atoms with Crippen molar-refractivity contribution in [3.8, 4) is 0 Å². The molecule has 0 radical (unpaired) electrons. The zero-order valence-corrected chi connectivity index (χ0v) is 14.2. The summed E-state index contributed by atoms with van der Waals surface area (Å²) in [5.74, 6) is 1.07. The molecule has 5 nitrogen and oxygen atoms in total. The van der Waals surface area contributed by atoms with E-state index in [1.165, 1.54) is 5.56 Å². The van der Waals surface area contributed by atoms with Crippen LogP contribution in [0.2, 0.25) is 0 Å². The molecule has 124 valence electrons. The van der Waals surface area contributed by atoms with Gasteiger partial charge < -0.3 is 15.2 Å². The number of hydrogen-bond acceptors (Lipinski definition) is 3. The lowest BCUT2D eigenvalue weighted by Gasteiger charge is -2.22. The van der Waals surface area contributed by atoms with Gasteiger partial charge >= 0.3 is 6.03 Å². The van der Waals surface area contributed by atoms with Gasteiger partial charge in [-0.2, -0.15) is 0 Å². The molecule has 23 heavy (non-hydrogen) atoms. The van der Waals surface area contributed by atoms with Gasteiger partial charge in [0.05, 0.1) is 5.69 Å². The molecule has 2 aromatic rings. The molecule has 2 amide bonds. The van der Waals surface area contributed by atoms with Crippen molar-refractivity contribution < 1.29 is 9.32 Å². The summed E-state index contributed by atoms with van der Waals surface area (Å²) in [6.07, 6.45) is 0.719. The van der Waals surface area contributed by atoms with E-state index in [1.54, 1.807) is 0 Å². The Morgan fingerprint density at radius 2 is 1.91 bits per heavy atom. The lowest BCUT2D eigenvalue weighted by atomic mass is 9.95. The van der Waals surface area contributed by atoms with Crippen LogP contribution in [0.3, 0.4) is 0 Å². The van der Waals surface area contributed by atoms with E-state index in [2.05, 4.69) is 34.8 Å². The van der Waals surface area contributed by atoms with Crippen molar-refractivity contribution in [3.63, 3.8) is 0 Å². The molecular weight excluding hydrogens is 290 g/mol. The van der Waals surface area contributed by atoms with E-state index in [9.17, 15) is 4.79 Å². The van der Waals surface area contributed by atoms with E-state index in [0.29, 0.717) is 6.54 Å². The number of nitrogens with zero attached hydrogens (tertiary/aromatic N) is 1. The zero-order chi connectivity index (χ0) is 16.8. The van der Waals surface area contributed by atoms with E-state index < -0.39 is 0 Å². The summed E-state index contributed by atoms with van der Waals surface area (Å²) >= 11 is 0. The first-order valence-corrected chi connectivity index (χ1v) is 8.00. The SMILES string of the molecule is Cc1noc(C)c1CCNC(=O)N[C@H](C)[C@H](C)c1ccccc1. The van der Waals surface area contributed by atoms with Crippen molar-refractivity contribution in [3.05, 3.63) is 52.9 Å². The molecule has 0 spiro atoms. The van der Waals surface area contributed by atoms with Gasteiger partial charge in [0.25, 0.3) is 0 Å². The molecular formula is C18H25N3O2. The van der Waals surface area contributed by atoms with Crippen LogP contribution in [0.25, 0.3) is 0 Å². The molecule has 2 N–H and O–H groups in total. The largest absolute Gasteiger partial charge is 0.361 e. The fourth-order valence-corrected chi connectivity index (χ4v) is 2.59. The second-order valence-electron chi connectivity index (χ2n) is 5.94. The van der Waals surface area contributed by atoms with Crippen LogP contribution in [0.15, 0.2) is 34.9 Å². The number of rotatable bonds is 6. The molecule has 2 atom stereocenters. The molecule has 1 aromatic carbocycles. The minimum atomic E-state index is -0.146. The van der Waals surface area contributed by atoms with Crippen LogP contribution in [0, 0.1) is 13.8 Å². The quantitative estimate of drug-likeness (QED) is 0.859. The monoisotopic (exact) mass is 315 g/mol. The summed E-state index contributed by atoms with van der Waals surface area (Å²) in [7, 11) is 0.